The van der Waals surface area contributed by atoms with E-state index in [0.29, 0.717) is 21.7 Å². The molecule has 0 fully saturated rings. The fourth-order valence-electron chi connectivity index (χ4n) is 1.78. The number of nitrogens with one attached hydrogen (secondary N) is 1. The maximum absolute atomic E-state index is 12.1. The lowest BCUT2D eigenvalue weighted by Gasteiger charge is -2.02. The Bertz CT molecular complexity index is 903. The molecule has 1 N–H and O–H groups in total. The summed E-state index contributed by atoms with van der Waals surface area (Å²) in [7, 11) is 0. The third-order valence-corrected chi connectivity index (χ3v) is 3.91. The summed E-state index contributed by atoms with van der Waals surface area (Å²) in [5.74, 6) is -0.0316. The molecule has 1 aromatic carbocycles. The fourth-order valence-corrected chi connectivity index (χ4v) is 2.71. The van der Waals surface area contributed by atoms with Crippen LogP contribution in [0.25, 0.3) is 10.8 Å². The van der Waals surface area contributed by atoms with Gasteiger partial charge in [0.2, 0.25) is 5.13 Å². The van der Waals surface area contributed by atoms with Gasteiger partial charge in [-0.05, 0) is 30.5 Å². The van der Waals surface area contributed by atoms with Crippen LogP contribution in [0.4, 0.5) is 5.13 Å². The van der Waals surface area contributed by atoms with Gasteiger partial charge >= 0.3 is 5.63 Å². The molecule has 0 saturated heterocycles. The fraction of sp³-hybridized carbons (Fsp3) is 0.0769. The number of hydrogen-bond acceptors (Lipinski definition) is 6. The van der Waals surface area contributed by atoms with E-state index in [9.17, 15) is 9.59 Å². The molecule has 8 heteroatoms. The molecule has 0 atom stereocenters. The second-order valence-electron chi connectivity index (χ2n) is 4.23. The molecule has 0 aliphatic rings. The average molecular weight is 366 g/mol. The van der Waals surface area contributed by atoms with Crippen molar-refractivity contribution in [3.05, 3.63) is 50.7 Å². The van der Waals surface area contributed by atoms with Gasteiger partial charge in [0.1, 0.15) is 5.82 Å². The first-order chi connectivity index (χ1) is 10.0. The Morgan fingerprint density at radius 2 is 2.19 bits per heavy atom. The lowest BCUT2D eigenvalue weighted by atomic mass is 10.1. The van der Waals surface area contributed by atoms with E-state index in [-0.39, 0.29) is 5.76 Å². The van der Waals surface area contributed by atoms with Crippen molar-refractivity contribution < 1.29 is 9.21 Å². The summed E-state index contributed by atoms with van der Waals surface area (Å²) < 4.78 is 9.78. The number of fused-ring (bicyclic) bond motifs is 1. The van der Waals surface area contributed by atoms with E-state index in [2.05, 4.69) is 30.6 Å². The van der Waals surface area contributed by atoms with Crippen molar-refractivity contribution >= 4 is 49.3 Å². The molecule has 106 valence electrons. The van der Waals surface area contributed by atoms with Crippen LogP contribution in [0, 0.1) is 6.92 Å². The highest BCUT2D eigenvalue weighted by Crippen LogP contribution is 2.19. The number of carbonyl (C=O) groups is 1. The van der Waals surface area contributed by atoms with Gasteiger partial charge in [-0.1, -0.05) is 22.0 Å². The van der Waals surface area contributed by atoms with Crippen molar-refractivity contribution in [1.29, 1.82) is 0 Å². The Labute approximate surface area is 131 Å². The average Bonchev–Trinajstić information content (AvgIpc) is 2.84. The summed E-state index contributed by atoms with van der Waals surface area (Å²) >= 11 is 4.35. The third-order valence-electron chi connectivity index (χ3n) is 2.70. The molecular weight excluding hydrogens is 358 g/mol. The van der Waals surface area contributed by atoms with E-state index in [1.165, 1.54) is 6.07 Å². The van der Waals surface area contributed by atoms with Crippen LogP contribution in [0.3, 0.4) is 0 Å². The van der Waals surface area contributed by atoms with E-state index >= 15 is 0 Å². The predicted molar refractivity (Wildman–Crippen MR) is 82.8 cm³/mol. The van der Waals surface area contributed by atoms with Crippen LogP contribution in [0.15, 0.2) is 37.9 Å². The van der Waals surface area contributed by atoms with E-state index in [1.807, 2.05) is 0 Å². The normalized spacial score (nSPS) is 10.8. The van der Waals surface area contributed by atoms with Gasteiger partial charge in [0.05, 0.1) is 5.39 Å². The van der Waals surface area contributed by atoms with Crippen LogP contribution in [0.2, 0.25) is 0 Å². The number of benzene rings is 1. The van der Waals surface area contributed by atoms with Crippen LogP contribution < -0.4 is 10.9 Å². The van der Waals surface area contributed by atoms with Gasteiger partial charge in [-0.25, -0.2) is 9.78 Å². The molecule has 0 bridgehead atoms. The molecule has 2 aromatic heterocycles. The molecule has 21 heavy (non-hydrogen) atoms. The smallest absolute Gasteiger partial charge is 0.344 e. The number of anilines is 1. The van der Waals surface area contributed by atoms with Crippen molar-refractivity contribution in [2.45, 2.75) is 6.92 Å². The van der Waals surface area contributed by atoms with Gasteiger partial charge in [-0.3, -0.25) is 10.1 Å². The largest absolute Gasteiger partial charge is 0.417 e. The van der Waals surface area contributed by atoms with Gasteiger partial charge < -0.3 is 4.42 Å². The number of aromatic nitrogens is 2. The van der Waals surface area contributed by atoms with Crippen LogP contribution >= 0.6 is 27.5 Å². The zero-order chi connectivity index (χ0) is 15.0. The molecule has 0 spiro atoms. The Balaban J connectivity index is 1.98. The molecule has 0 radical (unpaired) electrons. The summed E-state index contributed by atoms with van der Waals surface area (Å²) in [6, 6.07) is 6.70. The molecule has 3 aromatic rings. The van der Waals surface area contributed by atoms with Crippen molar-refractivity contribution in [3.63, 3.8) is 0 Å². The summed E-state index contributed by atoms with van der Waals surface area (Å²) in [4.78, 5) is 28.0. The maximum Gasteiger partial charge on any atom is 0.344 e. The number of nitrogens with zero attached hydrogens (tertiary/aromatic N) is 2. The lowest BCUT2D eigenvalue weighted by Crippen LogP contribution is -2.14. The van der Waals surface area contributed by atoms with Crippen LogP contribution in [-0.4, -0.2) is 15.3 Å². The standard InChI is InChI=1S/C13H8BrN3O3S/c1-6-15-13(21-17-6)16-11(18)10-4-7-2-3-8(14)5-9(7)12(19)20-10/h2-5H,1H3,(H,15,16,17,18). The van der Waals surface area contributed by atoms with Gasteiger partial charge in [0.15, 0.2) is 5.76 Å². The number of rotatable bonds is 2. The number of aryl methyl sites for hydroxylation is 1. The number of halogens is 1. The number of hydrogen-bond donors (Lipinski definition) is 1. The SMILES string of the molecule is Cc1nsc(NC(=O)c2cc3ccc(Br)cc3c(=O)o2)n1. The van der Waals surface area contributed by atoms with Crippen molar-refractivity contribution in [2.75, 3.05) is 5.32 Å². The Hall–Kier alpha value is -2.06. The van der Waals surface area contributed by atoms with Crippen LogP contribution in [0.5, 0.6) is 0 Å². The molecule has 3 rings (SSSR count). The number of amides is 1. The Morgan fingerprint density at radius 3 is 2.90 bits per heavy atom. The number of carbonyl (C=O) groups excluding carboxylic acids is 1. The molecular formula is C13H8BrN3O3S. The Kier molecular flexibility index (Phi) is 3.56. The summed E-state index contributed by atoms with van der Waals surface area (Å²) in [6.45, 7) is 1.72. The molecule has 2 heterocycles. The first kappa shape index (κ1) is 13.9. The van der Waals surface area contributed by atoms with Crippen LogP contribution in [0.1, 0.15) is 16.4 Å². The van der Waals surface area contributed by atoms with E-state index in [4.69, 9.17) is 4.42 Å². The molecule has 0 aliphatic heterocycles. The van der Waals surface area contributed by atoms with Crippen LogP contribution in [-0.2, 0) is 0 Å². The minimum absolute atomic E-state index is 0.0670. The third kappa shape index (κ3) is 2.86. The predicted octanol–water partition coefficient (Wildman–Crippen LogP) is 2.97. The molecule has 0 aliphatic carbocycles. The summed E-state index contributed by atoms with van der Waals surface area (Å²) in [6.07, 6.45) is 0. The van der Waals surface area contributed by atoms with E-state index < -0.39 is 11.5 Å². The van der Waals surface area contributed by atoms with E-state index in [1.54, 1.807) is 25.1 Å². The molecule has 0 unspecified atom stereocenters. The minimum Gasteiger partial charge on any atom is -0.417 e. The topological polar surface area (TPSA) is 85.1 Å². The minimum atomic E-state index is -0.563. The Morgan fingerprint density at radius 1 is 1.38 bits per heavy atom. The summed E-state index contributed by atoms with van der Waals surface area (Å²) in [5, 5.41) is 3.95. The summed E-state index contributed by atoms with van der Waals surface area (Å²) in [5.41, 5.74) is -0.563. The first-order valence-corrected chi connectivity index (χ1v) is 7.44. The van der Waals surface area contributed by atoms with E-state index in [0.717, 1.165) is 16.0 Å². The van der Waals surface area contributed by atoms with Crippen molar-refractivity contribution in [3.8, 4) is 0 Å². The van der Waals surface area contributed by atoms with Crippen molar-refractivity contribution in [1.82, 2.24) is 9.36 Å². The second-order valence-corrected chi connectivity index (χ2v) is 5.90. The first-order valence-electron chi connectivity index (χ1n) is 5.88. The van der Waals surface area contributed by atoms with Gasteiger partial charge in [0, 0.05) is 16.0 Å². The molecule has 1 amide bonds. The molecule has 0 saturated carbocycles. The zero-order valence-corrected chi connectivity index (χ0v) is 13.1. The van der Waals surface area contributed by atoms with Crippen molar-refractivity contribution in [2.24, 2.45) is 0 Å². The highest BCUT2D eigenvalue weighted by atomic mass is 79.9. The second kappa shape index (κ2) is 5.38. The highest BCUT2D eigenvalue weighted by molar-refractivity contribution is 9.10. The van der Waals surface area contributed by atoms with Gasteiger partial charge in [-0.15, -0.1) is 0 Å². The van der Waals surface area contributed by atoms with Gasteiger partial charge in [0.25, 0.3) is 5.91 Å². The monoisotopic (exact) mass is 365 g/mol. The highest BCUT2D eigenvalue weighted by Gasteiger charge is 2.14. The maximum atomic E-state index is 12.1. The quantitative estimate of drug-likeness (QED) is 0.754. The molecule has 6 nitrogen and oxygen atoms in total. The zero-order valence-electron chi connectivity index (χ0n) is 10.7. The lowest BCUT2D eigenvalue weighted by molar-refractivity contribution is 0.0993. The van der Waals surface area contributed by atoms with Gasteiger partial charge in [-0.2, -0.15) is 4.37 Å².